The van der Waals surface area contributed by atoms with Gasteiger partial charge in [-0.1, -0.05) is 36.4 Å². The molecule has 8 rings (SSSR count). The second-order valence-electron chi connectivity index (χ2n) is 11.9. The molecule has 2 saturated heterocycles. The maximum atomic E-state index is 16.8. The van der Waals surface area contributed by atoms with Gasteiger partial charge in [-0.15, -0.1) is 0 Å². The Kier molecular flexibility index (Phi) is 6.22. The third kappa shape index (κ3) is 4.22. The number of pyridine rings is 1. The maximum Gasteiger partial charge on any atom is 0.319 e. The molecule has 0 saturated carbocycles. The summed E-state index contributed by atoms with van der Waals surface area (Å²) >= 11 is 0. The van der Waals surface area contributed by atoms with E-state index in [4.69, 9.17) is 9.72 Å². The fourth-order valence-corrected chi connectivity index (χ4v) is 7.37. The molecule has 6 heterocycles. The monoisotopic (exact) mass is 582 g/mol. The molecular weight excluding hydrogens is 550 g/mol. The van der Waals surface area contributed by atoms with Gasteiger partial charge in [-0.3, -0.25) is 9.47 Å². The van der Waals surface area contributed by atoms with Gasteiger partial charge in [0.15, 0.2) is 11.6 Å². The van der Waals surface area contributed by atoms with Crippen LogP contribution in [0.4, 0.5) is 14.6 Å². The van der Waals surface area contributed by atoms with Crippen molar-refractivity contribution in [2.24, 2.45) is 0 Å². The molecule has 2 fully saturated rings. The number of benzene rings is 2. The fraction of sp³-hybridized carbons (Fsp3) is 0.364. The molecule has 5 aromatic rings. The van der Waals surface area contributed by atoms with Crippen LogP contribution in [0, 0.1) is 5.82 Å². The molecule has 1 N–H and O–H groups in total. The zero-order valence-electron chi connectivity index (χ0n) is 23.7. The average Bonchev–Trinajstić information content (AvgIpc) is 3.55. The van der Waals surface area contributed by atoms with Gasteiger partial charge in [0, 0.05) is 43.0 Å². The van der Waals surface area contributed by atoms with Crippen LogP contribution >= 0.6 is 0 Å². The van der Waals surface area contributed by atoms with Crippen LogP contribution in [0.1, 0.15) is 32.1 Å². The Morgan fingerprint density at radius 2 is 1.77 bits per heavy atom. The summed E-state index contributed by atoms with van der Waals surface area (Å²) in [6.07, 6.45) is 9.02. The highest BCUT2D eigenvalue weighted by atomic mass is 19.1. The lowest BCUT2D eigenvalue weighted by Gasteiger charge is -2.31. The number of hydrogen-bond acceptors (Lipinski definition) is 7. The lowest BCUT2D eigenvalue weighted by atomic mass is 9.95. The topological polar surface area (TPSA) is 79.5 Å². The fourth-order valence-electron chi connectivity index (χ4n) is 7.37. The number of anilines is 1. The molecule has 3 aromatic heterocycles. The van der Waals surface area contributed by atoms with E-state index in [1.165, 1.54) is 0 Å². The summed E-state index contributed by atoms with van der Waals surface area (Å²) in [6.45, 7) is 2.97. The summed E-state index contributed by atoms with van der Waals surface area (Å²) in [4.78, 5) is 18.4. The highest BCUT2D eigenvalue weighted by Gasteiger charge is 2.49. The third-order valence-electron chi connectivity index (χ3n) is 9.34. The second kappa shape index (κ2) is 10.2. The number of fused-ring (bicyclic) bond motifs is 5. The van der Waals surface area contributed by atoms with Gasteiger partial charge in [0.05, 0.1) is 22.0 Å². The van der Waals surface area contributed by atoms with E-state index in [0.29, 0.717) is 35.1 Å². The first kappa shape index (κ1) is 26.3. The first-order valence-electron chi connectivity index (χ1n) is 15.0. The molecule has 0 spiro atoms. The van der Waals surface area contributed by atoms with Crippen molar-refractivity contribution in [3.63, 3.8) is 0 Å². The number of hydrogen-bond donors (Lipinski definition) is 1. The summed E-state index contributed by atoms with van der Waals surface area (Å²) in [6, 6.07) is 12.9. The number of halogens is 2. The van der Waals surface area contributed by atoms with E-state index in [0.717, 1.165) is 56.2 Å². The Balaban J connectivity index is 1.29. The normalized spacial score (nSPS) is 22.6. The summed E-state index contributed by atoms with van der Waals surface area (Å²) < 4.78 is 39.2. The van der Waals surface area contributed by atoms with Gasteiger partial charge < -0.3 is 14.7 Å². The predicted molar refractivity (Wildman–Crippen MR) is 162 cm³/mol. The number of aromatic nitrogens is 4. The van der Waals surface area contributed by atoms with Gasteiger partial charge in [0.2, 0.25) is 0 Å². The molecule has 2 aromatic carbocycles. The lowest BCUT2D eigenvalue weighted by Crippen LogP contribution is -2.43. The van der Waals surface area contributed by atoms with E-state index in [-0.39, 0.29) is 35.2 Å². The quantitative estimate of drug-likeness (QED) is 0.252. The van der Waals surface area contributed by atoms with Crippen molar-refractivity contribution in [3.05, 3.63) is 66.6 Å². The molecule has 3 aliphatic rings. The van der Waals surface area contributed by atoms with Crippen LogP contribution < -0.4 is 9.64 Å². The first-order chi connectivity index (χ1) is 21.0. The summed E-state index contributed by atoms with van der Waals surface area (Å²) in [5.41, 5.74) is 1.09. The highest BCUT2D eigenvalue weighted by molar-refractivity contribution is 6.12. The van der Waals surface area contributed by atoms with Crippen molar-refractivity contribution in [2.75, 3.05) is 37.7 Å². The standard InChI is InChI=1S/C33H32F2N6O2/c34-21-17-33(13-8-16-40(33)19-21)20-43-32-37-29-23(30(38-32)39-14-5-1-2-6-15-39)18-36-31(28(29)35)41-24-10-4-3-9-22(24)27-25(41)11-7-12-26(27)42/h1-4,7,9-12,18,21,42H,5-6,8,13-17,19-20H2/t21-,33+/m1/s1. The molecule has 8 nitrogen and oxygen atoms in total. The molecule has 0 aliphatic carbocycles. The number of para-hydroxylation sites is 1. The zero-order valence-corrected chi connectivity index (χ0v) is 23.7. The number of phenols is 1. The number of ether oxygens (including phenoxy) is 1. The SMILES string of the molecule is Oc1cccc2c1c1ccccc1n2-c1ncc2c(N3CCC=CCC3)nc(OC[C@@]34CCCN3C[C@H](F)C4)nc2c1F. The Morgan fingerprint density at radius 1 is 0.953 bits per heavy atom. The van der Waals surface area contributed by atoms with Crippen LogP contribution in [-0.4, -0.2) is 74.0 Å². The van der Waals surface area contributed by atoms with E-state index < -0.39 is 12.0 Å². The molecule has 220 valence electrons. The summed E-state index contributed by atoms with van der Waals surface area (Å²) in [5, 5.41) is 12.7. The van der Waals surface area contributed by atoms with Gasteiger partial charge >= 0.3 is 6.01 Å². The van der Waals surface area contributed by atoms with E-state index in [1.54, 1.807) is 22.9 Å². The average molecular weight is 583 g/mol. The van der Waals surface area contributed by atoms with Crippen LogP contribution in [0.5, 0.6) is 11.8 Å². The van der Waals surface area contributed by atoms with Gasteiger partial charge in [-0.2, -0.15) is 9.97 Å². The van der Waals surface area contributed by atoms with Crippen molar-refractivity contribution < 1.29 is 18.6 Å². The summed E-state index contributed by atoms with van der Waals surface area (Å²) in [5.74, 6) is 0.174. The highest BCUT2D eigenvalue weighted by Crippen LogP contribution is 2.41. The number of rotatable bonds is 5. The first-order valence-corrected chi connectivity index (χ1v) is 15.0. The molecule has 43 heavy (non-hydrogen) atoms. The number of phenolic OH excluding ortho intramolecular Hbond substituents is 1. The van der Waals surface area contributed by atoms with Crippen LogP contribution in [-0.2, 0) is 0 Å². The molecule has 0 bridgehead atoms. The van der Waals surface area contributed by atoms with E-state index in [1.807, 2.05) is 30.3 Å². The minimum absolute atomic E-state index is 0.0778. The van der Waals surface area contributed by atoms with Gasteiger partial charge in [-0.05, 0) is 50.4 Å². The molecule has 2 atom stereocenters. The molecule has 3 aliphatic heterocycles. The van der Waals surface area contributed by atoms with Gasteiger partial charge in [0.25, 0.3) is 0 Å². The number of alkyl halides is 1. The Bertz CT molecular complexity index is 1900. The van der Waals surface area contributed by atoms with Crippen LogP contribution in [0.25, 0.3) is 38.5 Å². The van der Waals surface area contributed by atoms with Crippen molar-refractivity contribution >= 4 is 38.5 Å². The zero-order chi connectivity index (χ0) is 29.1. The van der Waals surface area contributed by atoms with Crippen molar-refractivity contribution in [2.45, 2.75) is 43.8 Å². The van der Waals surface area contributed by atoms with E-state index in [9.17, 15) is 9.50 Å². The maximum absolute atomic E-state index is 16.8. The molecule has 0 amide bonds. The lowest BCUT2D eigenvalue weighted by molar-refractivity contribution is 0.107. The molecular formula is C33H32F2N6O2. The number of aromatic hydroxyl groups is 1. The Morgan fingerprint density at radius 3 is 2.63 bits per heavy atom. The molecule has 0 unspecified atom stereocenters. The Hall–Kier alpha value is -4.31. The minimum Gasteiger partial charge on any atom is -0.507 e. The minimum atomic E-state index is -0.877. The van der Waals surface area contributed by atoms with Crippen molar-refractivity contribution in [1.29, 1.82) is 0 Å². The smallest absolute Gasteiger partial charge is 0.319 e. The molecule has 0 radical (unpaired) electrons. The van der Waals surface area contributed by atoms with Gasteiger partial charge in [-0.25, -0.2) is 13.8 Å². The van der Waals surface area contributed by atoms with Crippen LogP contribution in [0.3, 0.4) is 0 Å². The largest absolute Gasteiger partial charge is 0.507 e. The predicted octanol–water partition coefficient (Wildman–Crippen LogP) is 6.08. The van der Waals surface area contributed by atoms with Crippen molar-refractivity contribution in [1.82, 2.24) is 24.4 Å². The van der Waals surface area contributed by atoms with Crippen LogP contribution in [0.15, 0.2) is 60.8 Å². The van der Waals surface area contributed by atoms with Gasteiger partial charge in [0.1, 0.15) is 29.9 Å². The second-order valence-corrected chi connectivity index (χ2v) is 11.9. The Labute approximate surface area is 247 Å². The van der Waals surface area contributed by atoms with Crippen molar-refractivity contribution in [3.8, 4) is 17.6 Å². The molecule has 10 heteroatoms. The van der Waals surface area contributed by atoms with Crippen LogP contribution in [0.2, 0.25) is 0 Å². The number of nitrogens with zero attached hydrogens (tertiary/aromatic N) is 6. The van der Waals surface area contributed by atoms with E-state index >= 15 is 4.39 Å². The van der Waals surface area contributed by atoms with E-state index in [2.05, 4.69) is 31.9 Å². The third-order valence-corrected chi connectivity index (χ3v) is 9.34. The summed E-state index contributed by atoms with van der Waals surface area (Å²) in [7, 11) is 0.